The maximum absolute atomic E-state index is 7.19. The van der Waals surface area contributed by atoms with Crippen molar-refractivity contribution in [3.05, 3.63) is 24.6 Å². The summed E-state index contributed by atoms with van der Waals surface area (Å²) in [4.78, 5) is 0. The van der Waals surface area contributed by atoms with Gasteiger partial charge in [-0.25, -0.2) is 0 Å². The molecule has 324 valence electrons. The molecule has 2 aliphatic rings. The van der Waals surface area contributed by atoms with Crippen LogP contribution in [0, 0.1) is 0 Å². The quantitative estimate of drug-likeness (QED) is 0.0526. The van der Waals surface area contributed by atoms with E-state index >= 15 is 0 Å². The van der Waals surface area contributed by atoms with Crippen LogP contribution in [0.4, 0.5) is 0 Å². The lowest BCUT2D eigenvalue weighted by molar-refractivity contribution is 0.116. The summed E-state index contributed by atoms with van der Waals surface area (Å²) in [6, 6.07) is 8.45. The Morgan fingerprint density at radius 2 is 1.18 bits per heavy atom. The molecule has 5 atom stereocenters. The van der Waals surface area contributed by atoms with E-state index in [2.05, 4.69) is 91.7 Å². The Bertz CT molecular complexity index is 1190. The van der Waals surface area contributed by atoms with Gasteiger partial charge >= 0.3 is 25.9 Å². The molecule has 0 aromatic rings. The Morgan fingerprint density at radius 3 is 1.71 bits per heavy atom. The van der Waals surface area contributed by atoms with E-state index in [1.165, 1.54) is 0 Å². The van der Waals surface area contributed by atoms with Crippen molar-refractivity contribution in [2.45, 2.75) is 145 Å². The molecule has 0 N–H and O–H groups in total. The first-order valence-corrected chi connectivity index (χ1v) is 45.3. The number of rotatable bonds is 24. The summed E-state index contributed by atoms with van der Waals surface area (Å²) < 4.78 is 70.7. The van der Waals surface area contributed by atoms with Crippen molar-refractivity contribution in [1.82, 2.24) is 0 Å². The second-order valence-electron chi connectivity index (χ2n) is 18.9. The topological polar surface area (TPSA) is 105 Å². The van der Waals surface area contributed by atoms with Crippen LogP contribution in [-0.2, 0) is 48.1 Å². The van der Waals surface area contributed by atoms with Gasteiger partial charge in [-0.05, 0) is 133 Å². The minimum atomic E-state index is -2.81. The standard InChI is InChI=1S/C35H82O11Si9/c1-18-51(14)25-22-41-52(15,30-27-48(8,9)43-47(6,7)24-20-21-39-33-35-34-40-35)26-23-42-54(17,46-53(16,19-2)45-51)31-28-49(10,11)44-50(12,13)29-32-55(36-3,37-4)38-5/h18-19,35H,1-2,20-34H2,3-17H3. The molecular weight excluding hydrogens is 849 g/mol. The smallest absolute Gasteiger partial charge is 0.456 e. The lowest BCUT2D eigenvalue weighted by atomic mass is 10.5. The minimum absolute atomic E-state index is 0.320. The summed E-state index contributed by atoms with van der Waals surface area (Å²) >= 11 is 0. The van der Waals surface area contributed by atoms with Gasteiger partial charge in [0.15, 0.2) is 41.6 Å². The lowest BCUT2D eigenvalue weighted by Crippen LogP contribution is -2.57. The average Bonchev–Trinajstić information content (AvgIpc) is 3.91. The van der Waals surface area contributed by atoms with Gasteiger partial charge in [0.1, 0.15) is 6.10 Å². The Morgan fingerprint density at radius 1 is 0.655 bits per heavy atom. The highest BCUT2D eigenvalue weighted by molar-refractivity contribution is 6.92. The highest BCUT2D eigenvalue weighted by Gasteiger charge is 2.48. The van der Waals surface area contributed by atoms with Gasteiger partial charge in [-0.1, -0.05) is 11.4 Å². The summed E-state index contributed by atoms with van der Waals surface area (Å²) in [6.45, 7) is 39.9. The molecule has 0 radical (unpaired) electrons. The number of hydrogen-bond donors (Lipinski definition) is 0. The Kier molecular flexibility index (Phi) is 20.5. The number of ether oxygens (including phenoxy) is 2. The van der Waals surface area contributed by atoms with Crippen LogP contribution in [0.1, 0.15) is 6.42 Å². The predicted octanol–water partition coefficient (Wildman–Crippen LogP) is 9.35. The van der Waals surface area contributed by atoms with Crippen LogP contribution in [0.5, 0.6) is 0 Å². The van der Waals surface area contributed by atoms with E-state index in [-0.39, 0.29) is 0 Å². The van der Waals surface area contributed by atoms with Crippen molar-refractivity contribution in [3.8, 4) is 0 Å². The summed E-state index contributed by atoms with van der Waals surface area (Å²) in [5.74, 6) is 0. The third-order valence-corrected chi connectivity index (χ3v) is 45.1. The van der Waals surface area contributed by atoms with Crippen LogP contribution in [0.2, 0.25) is 133 Å². The molecule has 0 aromatic heterocycles. The zero-order valence-electron chi connectivity index (χ0n) is 37.7. The molecular formula is C35H82O11Si9. The van der Waals surface area contributed by atoms with Crippen molar-refractivity contribution in [2.75, 3.05) is 54.4 Å². The van der Waals surface area contributed by atoms with Gasteiger partial charge in [0.05, 0.1) is 13.2 Å². The SMILES string of the molecule is C=C[Si]1(C)CCO[Si](C)(CC[Si](C)(C)O[Si](C)(C)CCCOCC2CO2)CCO[Si](C)(CC[Si](C)(C)O[Si](C)(C)CC[Si](OC)(OC)OC)O[Si](C)(C=C)O1. The second-order valence-corrected chi connectivity index (χ2v) is 54.5. The van der Waals surface area contributed by atoms with E-state index in [1.54, 1.807) is 21.3 Å². The van der Waals surface area contributed by atoms with Gasteiger partial charge in [-0.15, -0.1) is 13.2 Å². The largest absolute Gasteiger partial charge is 0.499 e. The van der Waals surface area contributed by atoms with E-state index in [1.807, 2.05) is 11.4 Å². The maximum Gasteiger partial charge on any atom is 0.499 e. The summed E-state index contributed by atoms with van der Waals surface area (Å²) in [6.07, 6.45) is 1.36. The fourth-order valence-electron chi connectivity index (χ4n) is 7.38. The zero-order valence-corrected chi connectivity index (χ0v) is 46.7. The van der Waals surface area contributed by atoms with Crippen molar-refractivity contribution >= 4 is 75.8 Å². The highest BCUT2D eigenvalue weighted by atomic mass is 28.5. The van der Waals surface area contributed by atoms with Crippen LogP contribution in [-0.4, -0.2) is 136 Å². The number of hydrogen-bond acceptors (Lipinski definition) is 11. The highest BCUT2D eigenvalue weighted by Crippen LogP contribution is 2.35. The van der Waals surface area contributed by atoms with Crippen LogP contribution >= 0.6 is 0 Å². The average molecular weight is 932 g/mol. The van der Waals surface area contributed by atoms with E-state index in [0.29, 0.717) is 19.3 Å². The van der Waals surface area contributed by atoms with Crippen LogP contribution in [0.25, 0.3) is 0 Å². The van der Waals surface area contributed by atoms with Gasteiger partial charge in [-0.3, -0.25) is 0 Å². The molecule has 0 aromatic carbocycles. The molecule has 2 aliphatic heterocycles. The molecule has 11 nitrogen and oxygen atoms in total. The molecule has 0 saturated carbocycles. The Balaban J connectivity index is 2.18. The van der Waals surface area contributed by atoms with Crippen LogP contribution in [0.3, 0.4) is 0 Å². The molecule has 0 amide bonds. The monoisotopic (exact) mass is 930 g/mol. The number of epoxide rings is 1. The van der Waals surface area contributed by atoms with Gasteiger partial charge in [0, 0.05) is 47.2 Å². The second kappa shape index (κ2) is 21.7. The molecule has 0 aliphatic carbocycles. The first-order chi connectivity index (χ1) is 25.2. The Labute approximate surface area is 346 Å². The van der Waals surface area contributed by atoms with Gasteiger partial charge in [0.25, 0.3) is 0 Å². The molecule has 0 spiro atoms. The lowest BCUT2D eigenvalue weighted by Gasteiger charge is -2.43. The Hall–Kier alpha value is 0.992. The third-order valence-electron chi connectivity index (χ3n) is 11.0. The summed E-state index contributed by atoms with van der Waals surface area (Å²) in [5, 5.41) is 0. The molecule has 20 heteroatoms. The normalized spacial score (nSPS) is 29.3. The molecule has 2 fully saturated rings. The predicted molar refractivity (Wildman–Crippen MR) is 248 cm³/mol. The van der Waals surface area contributed by atoms with Crippen molar-refractivity contribution < 1.29 is 48.1 Å². The van der Waals surface area contributed by atoms with E-state index < -0.39 is 75.8 Å². The molecule has 55 heavy (non-hydrogen) atoms. The van der Waals surface area contributed by atoms with Crippen molar-refractivity contribution in [1.29, 1.82) is 0 Å². The zero-order chi connectivity index (χ0) is 41.9. The van der Waals surface area contributed by atoms with Gasteiger partial charge < -0.3 is 48.1 Å². The van der Waals surface area contributed by atoms with Crippen molar-refractivity contribution in [3.63, 3.8) is 0 Å². The van der Waals surface area contributed by atoms with Crippen LogP contribution in [0.15, 0.2) is 24.6 Å². The fraction of sp³-hybridized carbons (Fsp3) is 0.886. The first-order valence-electron chi connectivity index (χ1n) is 20.4. The summed E-state index contributed by atoms with van der Waals surface area (Å²) in [7, 11) is -15.7. The minimum Gasteiger partial charge on any atom is -0.456 e. The molecule has 5 unspecified atom stereocenters. The fourth-order valence-corrected chi connectivity index (χ4v) is 48.7. The molecule has 2 heterocycles. The first kappa shape index (κ1) is 52.1. The van der Waals surface area contributed by atoms with E-state index in [0.717, 1.165) is 80.6 Å². The molecule has 2 saturated heterocycles. The summed E-state index contributed by atoms with van der Waals surface area (Å²) in [5.41, 5.74) is 3.98. The van der Waals surface area contributed by atoms with Gasteiger partial charge in [-0.2, -0.15) is 0 Å². The van der Waals surface area contributed by atoms with E-state index in [9.17, 15) is 0 Å². The van der Waals surface area contributed by atoms with Gasteiger partial charge in [0.2, 0.25) is 8.32 Å². The van der Waals surface area contributed by atoms with E-state index in [4.69, 9.17) is 48.1 Å². The third kappa shape index (κ3) is 19.5. The molecule has 2 rings (SSSR count). The molecule has 0 bridgehead atoms. The van der Waals surface area contributed by atoms with Crippen molar-refractivity contribution in [2.24, 2.45) is 0 Å². The van der Waals surface area contributed by atoms with Crippen LogP contribution < -0.4 is 0 Å². The maximum atomic E-state index is 7.19.